The minimum atomic E-state index is -0.132. The topological polar surface area (TPSA) is 8.17 Å². The first-order valence-electron chi connectivity index (χ1n) is 23.9. The van der Waals surface area contributed by atoms with Gasteiger partial charge in [-0.2, -0.15) is 0 Å². The SMILES string of the molecule is CC1(C)c2ccccc2-c2ccc(N(c3cccc(-c4ccc(-c5cccc6c5c5ccccc5n6-c5ccccc5)c(-c5ccccc5)c4)c3)c3ccc4c(c3)C(C)(C)c3ccccc3-4)cc21. The molecule has 0 bridgehead atoms. The third-order valence-corrected chi connectivity index (χ3v) is 15.2. The minimum Gasteiger partial charge on any atom is -0.310 e. The molecule has 2 aliphatic rings. The zero-order valence-electron chi connectivity index (χ0n) is 38.8. The summed E-state index contributed by atoms with van der Waals surface area (Å²) in [6.45, 7) is 9.49. The zero-order valence-corrected chi connectivity index (χ0v) is 38.8. The van der Waals surface area contributed by atoms with Crippen LogP contribution in [0.25, 0.3) is 83.1 Å². The number of fused-ring (bicyclic) bond motifs is 9. The van der Waals surface area contributed by atoms with Crippen LogP contribution >= 0.6 is 0 Å². The molecule has 68 heavy (non-hydrogen) atoms. The van der Waals surface area contributed by atoms with Gasteiger partial charge in [-0.05, 0) is 145 Å². The normalized spacial score (nSPS) is 13.8. The third-order valence-electron chi connectivity index (χ3n) is 15.2. The molecule has 2 nitrogen and oxygen atoms in total. The van der Waals surface area contributed by atoms with E-state index in [1.807, 2.05) is 0 Å². The number of benzene rings is 10. The first-order chi connectivity index (χ1) is 33.3. The lowest BCUT2D eigenvalue weighted by atomic mass is 9.82. The summed E-state index contributed by atoms with van der Waals surface area (Å²) in [6, 6.07) is 85.6. The Kier molecular flexibility index (Phi) is 8.95. The summed E-state index contributed by atoms with van der Waals surface area (Å²) in [5.74, 6) is 0. The number of hydrogen-bond donors (Lipinski definition) is 0. The lowest BCUT2D eigenvalue weighted by Crippen LogP contribution is -2.18. The number of rotatable bonds is 7. The van der Waals surface area contributed by atoms with Crippen molar-refractivity contribution in [2.24, 2.45) is 0 Å². The highest BCUT2D eigenvalue weighted by molar-refractivity contribution is 6.17. The largest absolute Gasteiger partial charge is 0.310 e. The van der Waals surface area contributed by atoms with E-state index in [-0.39, 0.29) is 10.8 Å². The average Bonchev–Trinajstić information content (AvgIpc) is 3.94. The van der Waals surface area contributed by atoms with Gasteiger partial charge in [0, 0.05) is 44.4 Å². The smallest absolute Gasteiger partial charge is 0.0547 e. The van der Waals surface area contributed by atoms with Crippen molar-refractivity contribution in [2.45, 2.75) is 38.5 Å². The van der Waals surface area contributed by atoms with Gasteiger partial charge in [-0.1, -0.05) is 191 Å². The van der Waals surface area contributed by atoms with Crippen LogP contribution in [0.15, 0.2) is 231 Å². The van der Waals surface area contributed by atoms with Gasteiger partial charge in [-0.15, -0.1) is 0 Å². The van der Waals surface area contributed by atoms with Gasteiger partial charge >= 0.3 is 0 Å². The summed E-state index contributed by atoms with van der Waals surface area (Å²) >= 11 is 0. The Morgan fingerprint density at radius 2 is 0.794 bits per heavy atom. The van der Waals surface area contributed by atoms with E-state index in [1.165, 1.54) is 94.1 Å². The van der Waals surface area contributed by atoms with E-state index in [2.05, 4.69) is 268 Å². The number of hydrogen-bond acceptors (Lipinski definition) is 1. The first-order valence-corrected chi connectivity index (χ1v) is 23.9. The van der Waals surface area contributed by atoms with Crippen LogP contribution in [-0.2, 0) is 10.8 Å². The minimum absolute atomic E-state index is 0.132. The van der Waals surface area contributed by atoms with Gasteiger partial charge in [-0.25, -0.2) is 0 Å². The van der Waals surface area contributed by atoms with Crippen molar-refractivity contribution in [3.8, 4) is 61.3 Å². The monoisotopic (exact) mass is 870 g/mol. The molecular weight excluding hydrogens is 821 g/mol. The molecule has 0 unspecified atom stereocenters. The Bertz CT molecular complexity index is 3690. The Hall–Kier alpha value is -8.20. The fraction of sp³-hybridized carbons (Fsp3) is 0.0909. The predicted octanol–water partition coefficient (Wildman–Crippen LogP) is 17.9. The highest BCUT2D eigenvalue weighted by Gasteiger charge is 2.38. The van der Waals surface area contributed by atoms with Crippen LogP contribution in [0, 0.1) is 0 Å². The molecule has 0 amide bonds. The van der Waals surface area contributed by atoms with E-state index in [1.54, 1.807) is 0 Å². The van der Waals surface area contributed by atoms with Crippen LogP contribution in [0.3, 0.4) is 0 Å². The third kappa shape index (κ3) is 6.03. The highest BCUT2D eigenvalue weighted by Crippen LogP contribution is 2.53. The molecule has 1 heterocycles. The first kappa shape index (κ1) is 40.1. The van der Waals surface area contributed by atoms with Crippen LogP contribution in [0.4, 0.5) is 17.1 Å². The van der Waals surface area contributed by atoms with E-state index in [9.17, 15) is 0 Å². The second kappa shape index (κ2) is 15.2. The molecule has 0 radical (unpaired) electrons. The molecular formula is C66H50N2. The predicted molar refractivity (Wildman–Crippen MR) is 287 cm³/mol. The Labute approximate surface area is 399 Å². The van der Waals surface area contributed by atoms with E-state index in [4.69, 9.17) is 0 Å². The quantitative estimate of drug-likeness (QED) is 0.155. The molecule has 0 aliphatic heterocycles. The maximum atomic E-state index is 2.48. The molecule has 2 aliphatic carbocycles. The van der Waals surface area contributed by atoms with E-state index in [0.717, 1.165) is 28.3 Å². The number of anilines is 3. The molecule has 324 valence electrons. The summed E-state index contributed by atoms with van der Waals surface area (Å²) in [5.41, 5.74) is 24.7. The summed E-state index contributed by atoms with van der Waals surface area (Å²) in [4.78, 5) is 2.48. The Morgan fingerprint density at radius 1 is 0.309 bits per heavy atom. The van der Waals surface area contributed by atoms with E-state index in [0.29, 0.717) is 0 Å². The van der Waals surface area contributed by atoms with Crippen LogP contribution in [0.2, 0.25) is 0 Å². The van der Waals surface area contributed by atoms with Crippen molar-refractivity contribution in [3.63, 3.8) is 0 Å². The zero-order chi connectivity index (χ0) is 45.7. The van der Waals surface area contributed by atoms with Gasteiger partial charge in [0.05, 0.1) is 11.0 Å². The van der Waals surface area contributed by atoms with Crippen molar-refractivity contribution in [3.05, 3.63) is 253 Å². The van der Waals surface area contributed by atoms with Crippen molar-refractivity contribution in [1.29, 1.82) is 0 Å². The maximum absolute atomic E-state index is 2.48. The maximum Gasteiger partial charge on any atom is 0.0547 e. The summed E-state index contributed by atoms with van der Waals surface area (Å²) in [6.07, 6.45) is 0. The molecule has 1 aromatic heterocycles. The van der Waals surface area contributed by atoms with Crippen LogP contribution in [0.1, 0.15) is 49.9 Å². The summed E-state index contributed by atoms with van der Waals surface area (Å²) < 4.78 is 2.41. The van der Waals surface area contributed by atoms with Crippen molar-refractivity contribution in [1.82, 2.24) is 4.57 Å². The molecule has 0 saturated heterocycles. The molecule has 13 rings (SSSR count). The van der Waals surface area contributed by atoms with Gasteiger partial charge < -0.3 is 9.47 Å². The van der Waals surface area contributed by atoms with Crippen LogP contribution < -0.4 is 4.90 Å². The van der Waals surface area contributed by atoms with Crippen LogP contribution in [-0.4, -0.2) is 4.57 Å². The van der Waals surface area contributed by atoms with Crippen molar-refractivity contribution >= 4 is 38.9 Å². The second-order valence-corrected chi connectivity index (χ2v) is 19.7. The molecule has 0 N–H and O–H groups in total. The Balaban J connectivity index is 0.982. The van der Waals surface area contributed by atoms with Gasteiger partial charge in [0.1, 0.15) is 0 Å². The Morgan fingerprint density at radius 3 is 1.47 bits per heavy atom. The van der Waals surface area contributed by atoms with E-state index >= 15 is 0 Å². The lowest BCUT2D eigenvalue weighted by molar-refractivity contribution is 0.660. The molecule has 0 fully saturated rings. The summed E-state index contributed by atoms with van der Waals surface area (Å²) in [7, 11) is 0. The van der Waals surface area contributed by atoms with Gasteiger partial charge in [0.25, 0.3) is 0 Å². The number of aromatic nitrogens is 1. The fourth-order valence-corrected chi connectivity index (χ4v) is 11.8. The molecule has 0 spiro atoms. The molecule has 0 saturated carbocycles. The van der Waals surface area contributed by atoms with Gasteiger partial charge in [0.15, 0.2) is 0 Å². The molecule has 11 aromatic rings. The van der Waals surface area contributed by atoms with E-state index < -0.39 is 0 Å². The molecule has 2 heteroatoms. The number of nitrogens with zero attached hydrogens (tertiary/aromatic N) is 2. The van der Waals surface area contributed by atoms with Crippen LogP contribution in [0.5, 0.6) is 0 Å². The molecule has 10 aromatic carbocycles. The van der Waals surface area contributed by atoms with Gasteiger partial charge in [-0.3, -0.25) is 0 Å². The van der Waals surface area contributed by atoms with Gasteiger partial charge in [0.2, 0.25) is 0 Å². The number of para-hydroxylation sites is 2. The molecule has 0 atom stereocenters. The van der Waals surface area contributed by atoms with Crippen molar-refractivity contribution < 1.29 is 0 Å². The average molecular weight is 871 g/mol. The second-order valence-electron chi connectivity index (χ2n) is 19.7. The summed E-state index contributed by atoms with van der Waals surface area (Å²) in [5, 5.41) is 2.51. The highest BCUT2D eigenvalue weighted by atomic mass is 15.1. The lowest BCUT2D eigenvalue weighted by Gasteiger charge is -2.30. The fourth-order valence-electron chi connectivity index (χ4n) is 11.8. The van der Waals surface area contributed by atoms with Crippen molar-refractivity contribution in [2.75, 3.05) is 4.90 Å². The standard InChI is InChI=1S/C66H50N2/c1-65(2)58-29-14-11-25-51(58)53-37-34-48(41-60(53)65)67(49-35-38-54-52-26-12-15-30-59(52)66(3,4)61(54)42-49)47-24-17-21-44(39-47)45-33-36-50(57(40-45)43-19-7-5-8-20-43)55-28-18-32-63-64(55)56-27-13-16-31-62(56)68(63)46-22-9-6-10-23-46/h5-42H,1-4H3.